The Hall–Kier alpha value is -3.42. The van der Waals surface area contributed by atoms with Crippen LogP contribution in [0.5, 0.6) is 17.2 Å². The molecule has 52 heavy (non-hydrogen) atoms. The van der Waals surface area contributed by atoms with Crippen LogP contribution in [-0.2, 0) is 4.43 Å². The lowest BCUT2D eigenvalue weighted by Crippen LogP contribution is -2.46. The third kappa shape index (κ3) is 10.2. The topological polar surface area (TPSA) is 136 Å². The Bertz CT molecular complexity index is 1530. The van der Waals surface area contributed by atoms with Gasteiger partial charge in [0.25, 0.3) is 11.8 Å². The van der Waals surface area contributed by atoms with E-state index in [1.165, 1.54) is 0 Å². The van der Waals surface area contributed by atoms with Gasteiger partial charge in [-0.1, -0.05) is 27.7 Å². The molecule has 2 aromatic carbocycles. The number of benzene rings is 2. The first-order valence-corrected chi connectivity index (χ1v) is 22.1. The number of nitrogens with one attached hydrogen (secondary N) is 1. The van der Waals surface area contributed by atoms with Crippen molar-refractivity contribution in [1.29, 1.82) is 0 Å². The van der Waals surface area contributed by atoms with Gasteiger partial charge in [-0.05, 0) is 101 Å². The van der Waals surface area contributed by atoms with E-state index in [1.54, 1.807) is 32.1 Å². The Kier molecular flexibility index (Phi) is 14.4. The van der Waals surface area contributed by atoms with Crippen LogP contribution in [0.1, 0.15) is 105 Å². The number of amides is 2. The summed E-state index contributed by atoms with van der Waals surface area (Å²) in [5, 5.41) is 13.2. The van der Waals surface area contributed by atoms with Crippen molar-refractivity contribution in [2.45, 2.75) is 123 Å². The van der Waals surface area contributed by atoms with E-state index in [9.17, 15) is 14.6 Å². The van der Waals surface area contributed by atoms with E-state index in [0.29, 0.717) is 66.1 Å². The van der Waals surface area contributed by atoms with E-state index in [0.717, 1.165) is 63.5 Å². The average molecular weight is 739 g/mol. The smallest absolute Gasteiger partial charge is 0.406 e. The van der Waals surface area contributed by atoms with Crippen LogP contribution in [0.3, 0.4) is 0 Å². The van der Waals surface area contributed by atoms with E-state index >= 15 is 0 Å². The molecule has 0 saturated carbocycles. The molecule has 2 aliphatic heterocycles. The number of anilines is 2. The number of hydrogen-bond donors (Lipinski definition) is 3. The highest BCUT2D eigenvalue weighted by Crippen LogP contribution is 2.38. The van der Waals surface area contributed by atoms with Gasteiger partial charge in [-0.15, -0.1) is 0 Å². The van der Waals surface area contributed by atoms with Crippen molar-refractivity contribution >= 4 is 38.6 Å². The van der Waals surface area contributed by atoms with Crippen LogP contribution in [0.15, 0.2) is 24.3 Å². The molecule has 2 fully saturated rings. The summed E-state index contributed by atoms with van der Waals surface area (Å²) in [6, 6.07) is 7.35. The molecule has 2 aliphatic rings. The van der Waals surface area contributed by atoms with Crippen molar-refractivity contribution in [3.63, 3.8) is 0 Å². The summed E-state index contributed by atoms with van der Waals surface area (Å²) in [5.41, 5.74) is 9.23. The van der Waals surface area contributed by atoms with E-state index in [1.807, 2.05) is 22.8 Å². The molecule has 4 rings (SSSR count). The number of carbonyl (C=O) groups excluding carboxylic acids is 2. The van der Waals surface area contributed by atoms with E-state index in [-0.39, 0.29) is 28.9 Å². The first-order chi connectivity index (χ1) is 24.6. The first-order valence-electron chi connectivity index (χ1n) is 19.2. The fraction of sp³-hybridized carbons (Fsp3) is 0.641. The van der Waals surface area contributed by atoms with Crippen molar-refractivity contribution in [3.05, 3.63) is 41.0 Å². The van der Waals surface area contributed by atoms with Crippen LogP contribution in [0.2, 0.25) is 25.0 Å². The van der Waals surface area contributed by atoms with Crippen LogP contribution in [0.4, 0.5) is 11.4 Å². The monoisotopic (exact) mass is 738 g/mol. The molecule has 0 spiro atoms. The fourth-order valence-corrected chi connectivity index (χ4v) is 7.82. The molecule has 2 aromatic rings. The predicted molar refractivity (Wildman–Crippen MR) is 212 cm³/mol. The third-order valence-corrected chi connectivity index (χ3v) is 15.5. The highest BCUT2D eigenvalue weighted by molar-refractivity contribution is 6.74. The summed E-state index contributed by atoms with van der Waals surface area (Å²) >= 11 is 0. The zero-order chi connectivity index (χ0) is 38.2. The van der Waals surface area contributed by atoms with Crippen molar-refractivity contribution in [2.24, 2.45) is 0 Å². The molecule has 11 nitrogen and oxygen atoms in total. The Balaban J connectivity index is 1.28. The maximum atomic E-state index is 13.7. The molecule has 2 atom stereocenters. The fourth-order valence-electron chi connectivity index (χ4n) is 6.78. The van der Waals surface area contributed by atoms with Gasteiger partial charge in [0.2, 0.25) is 0 Å². The molecule has 288 valence electrons. The molecular weight excluding hydrogens is 675 g/mol. The van der Waals surface area contributed by atoms with Crippen molar-refractivity contribution < 1.29 is 33.2 Å². The lowest BCUT2D eigenvalue weighted by molar-refractivity contribution is 0.0684. The van der Waals surface area contributed by atoms with Crippen LogP contribution < -0.4 is 25.2 Å². The van der Waals surface area contributed by atoms with Crippen LogP contribution >= 0.6 is 0 Å². The van der Waals surface area contributed by atoms with Crippen molar-refractivity contribution in [2.75, 3.05) is 51.0 Å². The predicted octanol–water partition coefficient (Wildman–Crippen LogP) is 7.38. The van der Waals surface area contributed by atoms with Crippen LogP contribution in [-0.4, -0.2) is 94.1 Å². The first kappa shape index (κ1) is 41.3. The second-order valence-corrected chi connectivity index (χ2v) is 20.7. The largest absolute Gasteiger partial charge is 0.493 e. The molecule has 0 unspecified atom stereocenters. The number of hydrogen-bond acceptors (Lipinski definition) is 9. The number of nitrogen functional groups attached to an aromatic ring is 1. The van der Waals surface area contributed by atoms with Gasteiger partial charge in [-0.25, -0.2) is 0 Å². The second kappa shape index (κ2) is 18.1. The van der Waals surface area contributed by atoms with E-state index < -0.39 is 15.4 Å². The molecule has 4 N–H and O–H groups in total. The minimum absolute atomic E-state index is 0.0446. The number of ether oxygens (including phenoxy) is 3. The van der Waals surface area contributed by atoms with Gasteiger partial charge in [0.1, 0.15) is 5.75 Å². The SMILES string of the molecule is CC[C@@H]1CCCN1C(=O)c1cc(OC)c(OCCCCCOc2cc(N)c(C(=O)N3CCC[C@H]3CO[Si](C)(C)C(C)(C)C)cc2C)cc1NB(C)O. The maximum Gasteiger partial charge on any atom is 0.406 e. The van der Waals surface area contributed by atoms with Crippen LogP contribution in [0.25, 0.3) is 0 Å². The quantitative estimate of drug-likeness (QED) is 0.0863. The summed E-state index contributed by atoms with van der Waals surface area (Å²) in [6.07, 6.45) is 7.24. The average Bonchev–Trinajstić information content (AvgIpc) is 3.77. The van der Waals surface area contributed by atoms with Crippen molar-refractivity contribution in [3.8, 4) is 17.2 Å². The Morgan fingerprint density at radius 1 is 0.923 bits per heavy atom. The Labute approximate surface area is 313 Å². The normalized spacial score (nSPS) is 17.7. The van der Waals surface area contributed by atoms with Gasteiger partial charge >= 0.3 is 7.05 Å². The van der Waals surface area contributed by atoms with Gasteiger partial charge in [0.05, 0.1) is 44.1 Å². The molecule has 0 aromatic heterocycles. The highest BCUT2D eigenvalue weighted by Gasteiger charge is 2.39. The molecular formula is C39H63BN4O7Si. The molecule has 0 aliphatic carbocycles. The molecule has 2 amide bonds. The molecule has 2 saturated heterocycles. The highest BCUT2D eigenvalue weighted by atomic mass is 28.4. The number of methoxy groups -OCH3 is 1. The standard InChI is InChI=1S/C39H63BN4O7Si/c1-10-28-16-14-18-43(28)38(46)31-23-35(48-7)36(25-33(31)42-40(6)47)50-21-13-11-12-20-49-34-24-32(41)30(22-27(34)2)37(45)44-19-15-17-29(44)26-51-52(8,9)39(3,4)5/h22-25,28-29,42,47H,10-21,26,41H2,1-9H3/t28-,29+/m1/s1. The molecule has 13 heteroatoms. The summed E-state index contributed by atoms with van der Waals surface area (Å²) in [5.74, 6) is 1.55. The number of nitrogens with two attached hydrogens (primary N) is 1. The second-order valence-electron chi connectivity index (χ2n) is 15.9. The number of rotatable bonds is 17. The summed E-state index contributed by atoms with van der Waals surface area (Å²) in [7, 11) is -1.21. The molecule has 0 radical (unpaired) electrons. The number of likely N-dealkylation sites (tertiary alicyclic amines) is 2. The molecule has 0 bridgehead atoms. The van der Waals surface area contributed by atoms with Crippen LogP contribution in [0, 0.1) is 6.92 Å². The summed E-state index contributed by atoms with van der Waals surface area (Å²) in [4.78, 5) is 31.1. The summed E-state index contributed by atoms with van der Waals surface area (Å²) < 4.78 is 24.3. The Morgan fingerprint density at radius 3 is 2.12 bits per heavy atom. The number of aryl methyl sites for hydroxylation is 1. The lowest BCUT2D eigenvalue weighted by Gasteiger charge is -2.38. The summed E-state index contributed by atoms with van der Waals surface area (Å²) in [6.45, 7) is 19.8. The van der Waals surface area contributed by atoms with E-state index in [2.05, 4.69) is 46.0 Å². The maximum absolute atomic E-state index is 13.7. The van der Waals surface area contributed by atoms with Gasteiger partial charge in [-0.3, -0.25) is 9.59 Å². The Morgan fingerprint density at radius 2 is 1.52 bits per heavy atom. The van der Waals surface area contributed by atoms with Crippen molar-refractivity contribution in [1.82, 2.24) is 9.80 Å². The number of nitrogens with zero attached hydrogens (tertiary/aromatic N) is 2. The lowest BCUT2D eigenvalue weighted by atomic mass is 9.87. The zero-order valence-corrected chi connectivity index (χ0v) is 34.1. The minimum atomic E-state index is -1.92. The van der Waals surface area contributed by atoms with Gasteiger partial charge < -0.3 is 44.4 Å². The third-order valence-electron chi connectivity index (χ3n) is 11.0. The van der Waals surface area contributed by atoms with Gasteiger partial charge in [0, 0.05) is 42.6 Å². The number of unbranched alkanes of at least 4 members (excludes halogenated alkanes) is 2. The number of carbonyl (C=O) groups is 2. The minimum Gasteiger partial charge on any atom is -0.493 e. The molecule has 2 heterocycles. The van der Waals surface area contributed by atoms with Gasteiger partial charge in [0.15, 0.2) is 19.8 Å². The van der Waals surface area contributed by atoms with Gasteiger partial charge in [-0.2, -0.15) is 0 Å². The zero-order valence-electron chi connectivity index (χ0n) is 33.1. The van der Waals surface area contributed by atoms with E-state index in [4.69, 9.17) is 24.4 Å².